The number of aromatic nitrogens is 3. The Labute approximate surface area is 124 Å². The van der Waals surface area contributed by atoms with Gasteiger partial charge in [-0.3, -0.25) is 14.3 Å². The van der Waals surface area contributed by atoms with Crippen LogP contribution in [0.15, 0.2) is 6.20 Å². The third kappa shape index (κ3) is 3.40. The van der Waals surface area contributed by atoms with Crippen LogP contribution < -0.4 is 5.32 Å². The Hall–Kier alpha value is -1.92. The number of carbonyl (C=O) groups is 2. The van der Waals surface area contributed by atoms with Gasteiger partial charge in [-0.05, 0) is 18.8 Å². The molecule has 0 aliphatic carbocycles. The first-order valence-electron chi connectivity index (χ1n) is 7.38. The fraction of sp³-hybridized carbons (Fsp3) is 0.714. The van der Waals surface area contributed by atoms with Crippen molar-refractivity contribution >= 4 is 11.8 Å². The molecule has 2 atom stereocenters. The molecule has 7 heteroatoms. The fourth-order valence-corrected chi connectivity index (χ4v) is 2.69. The van der Waals surface area contributed by atoms with Crippen molar-refractivity contribution in [2.75, 3.05) is 0 Å². The number of amides is 2. The number of nitrogens with zero attached hydrogens (tertiary/aromatic N) is 4. The summed E-state index contributed by atoms with van der Waals surface area (Å²) in [6, 6.07) is -0.861. The van der Waals surface area contributed by atoms with Crippen molar-refractivity contribution in [1.29, 1.82) is 0 Å². The molecule has 0 spiro atoms. The van der Waals surface area contributed by atoms with E-state index in [0.717, 1.165) is 0 Å². The number of nitrogens with one attached hydrogen (secondary N) is 1. The monoisotopic (exact) mass is 293 g/mol. The summed E-state index contributed by atoms with van der Waals surface area (Å²) < 4.78 is 1.59. The normalized spacial score (nSPS) is 22.8. The molecule has 1 aromatic heterocycles. The maximum absolute atomic E-state index is 12.6. The third-order valence-corrected chi connectivity index (χ3v) is 3.65. The molecule has 1 aromatic rings. The van der Waals surface area contributed by atoms with E-state index in [4.69, 9.17) is 0 Å². The van der Waals surface area contributed by atoms with Gasteiger partial charge in [0.25, 0.3) is 0 Å². The first-order valence-corrected chi connectivity index (χ1v) is 7.38. The summed E-state index contributed by atoms with van der Waals surface area (Å²) in [7, 11) is 1.78. The molecule has 0 radical (unpaired) electrons. The molecule has 1 saturated heterocycles. The summed E-state index contributed by atoms with van der Waals surface area (Å²) in [6.45, 7) is 6.31. The quantitative estimate of drug-likeness (QED) is 0.855. The Morgan fingerprint density at radius 1 is 1.38 bits per heavy atom. The van der Waals surface area contributed by atoms with Gasteiger partial charge in [0.15, 0.2) is 0 Å². The summed E-state index contributed by atoms with van der Waals surface area (Å²) in [6.07, 6.45) is 3.01. The molecule has 1 N–H and O–H groups in total. The third-order valence-electron chi connectivity index (χ3n) is 3.65. The first kappa shape index (κ1) is 15.5. The number of piperazine rings is 1. The summed E-state index contributed by atoms with van der Waals surface area (Å²) in [5.41, 5.74) is 0.697. The standard InChI is InChI=1S/C14H23N5O2/c1-5-12-13(20)15-11(6-9(2)3)14(21)19(12)8-10-7-18(4)17-16-10/h7,9,11-12H,5-6,8H2,1-4H3,(H,15,20). The Morgan fingerprint density at radius 3 is 2.62 bits per heavy atom. The molecule has 116 valence electrons. The number of hydrogen-bond donors (Lipinski definition) is 1. The second-order valence-corrected chi connectivity index (χ2v) is 5.96. The summed E-state index contributed by atoms with van der Waals surface area (Å²) in [5.74, 6) is 0.239. The maximum Gasteiger partial charge on any atom is 0.246 e. The van der Waals surface area contributed by atoms with E-state index >= 15 is 0 Å². The van der Waals surface area contributed by atoms with Crippen LogP contribution in [0.2, 0.25) is 0 Å². The van der Waals surface area contributed by atoms with Gasteiger partial charge in [-0.2, -0.15) is 0 Å². The molecule has 2 rings (SSSR count). The molecule has 0 bridgehead atoms. The highest BCUT2D eigenvalue weighted by Crippen LogP contribution is 2.19. The molecular formula is C14H23N5O2. The summed E-state index contributed by atoms with van der Waals surface area (Å²) >= 11 is 0. The van der Waals surface area contributed by atoms with Crippen LogP contribution in [0, 0.1) is 5.92 Å². The van der Waals surface area contributed by atoms with Crippen LogP contribution in [0.4, 0.5) is 0 Å². The zero-order chi connectivity index (χ0) is 15.6. The van der Waals surface area contributed by atoms with Crippen LogP contribution in [0.25, 0.3) is 0 Å². The van der Waals surface area contributed by atoms with Crippen LogP contribution in [0.5, 0.6) is 0 Å². The highest BCUT2D eigenvalue weighted by atomic mass is 16.2. The zero-order valence-electron chi connectivity index (χ0n) is 13.0. The van der Waals surface area contributed by atoms with Gasteiger partial charge >= 0.3 is 0 Å². The van der Waals surface area contributed by atoms with Crippen molar-refractivity contribution < 1.29 is 9.59 Å². The first-order chi connectivity index (χ1) is 9.92. The van der Waals surface area contributed by atoms with Gasteiger partial charge in [0.1, 0.15) is 17.8 Å². The fourth-order valence-electron chi connectivity index (χ4n) is 2.69. The Balaban J connectivity index is 2.19. The van der Waals surface area contributed by atoms with Crippen LogP contribution in [-0.4, -0.2) is 43.8 Å². The van der Waals surface area contributed by atoms with Gasteiger partial charge < -0.3 is 10.2 Å². The smallest absolute Gasteiger partial charge is 0.246 e. The van der Waals surface area contributed by atoms with Crippen molar-refractivity contribution in [3.05, 3.63) is 11.9 Å². The lowest BCUT2D eigenvalue weighted by Crippen LogP contribution is -2.63. The van der Waals surface area contributed by atoms with Crippen molar-refractivity contribution in [2.24, 2.45) is 13.0 Å². The average Bonchev–Trinajstić information content (AvgIpc) is 2.80. The molecule has 2 unspecified atom stereocenters. The molecule has 0 saturated carbocycles. The Morgan fingerprint density at radius 2 is 2.10 bits per heavy atom. The van der Waals surface area contributed by atoms with E-state index in [1.54, 1.807) is 22.8 Å². The predicted molar refractivity (Wildman–Crippen MR) is 77.0 cm³/mol. The SMILES string of the molecule is CCC1C(=O)NC(CC(C)C)C(=O)N1Cc1cn(C)nn1. The maximum atomic E-state index is 12.6. The minimum Gasteiger partial charge on any atom is -0.342 e. The topological polar surface area (TPSA) is 80.1 Å². The molecule has 1 fully saturated rings. The van der Waals surface area contributed by atoms with E-state index in [1.807, 2.05) is 20.8 Å². The van der Waals surface area contributed by atoms with Gasteiger partial charge in [-0.1, -0.05) is 26.0 Å². The molecule has 21 heavy (non-hydrogen) atoms. The zero-order valence-corrected chi connectivity index (χ0v) is 13.0. The molecule has 1 aliphatic heterocycles. The van der Waals surface area contributed by atoms with Crippen molar-refractivity contribution in [2.45, 2.75) is 52.2 Å². The summed E-state index contributed by atoms with van der Waals surface area (Å²) in [4.78, 5) is 26.5. The number of carbonyl (C=O) groups excluding carboxylic acids is 2. The predicted octanol–water partition coefficient (Wildman–Crippen LogP) is 0.467. The largest absolute Gasteiger partial charge is 0.342 e. The van der Waals surface area contributed by atoms with Crippen LogP contribution >= 0.6 is 0 Å². The van der Waals surface area contributed by atoms with Crippen LogP contribution in [0.3, 0.4) is 0 Å². The van der Waals surface area contributed by atoms with Crippen LogP contribution in [0.1, 0.15) is 39.3 Å². The molecule has 7 nitrogen and oxygen atoms in total. The Kier molecular flexibility index (Phi) is 4.59. The number of rotatable bonds is 5. The second kappa shape index (κ2) is 6.24. The van der Waals surface area contributed by atoms with Gasteiger partial charge in [-0.25, -0.2) is 0 Å². The lowest BCUT2D eigenvalue weighted by molar-refractivity contribution is -0.150. The second-order valence-electron chi connectivity index (χ2n) is 5.96. The lowest BCUT2D eigenvalue weighted by Gasteiger charge is -2.38. The van der Waals surface area contributed by atoms with Crippen molar-refractivity contribution in [3.8, 4) is 0 Å². The van der Waals surface area contributed by atoms with E-state index in [1.165, 1.54) is 0 Å². The number of aryl methyl sites for hydroxylation is 1. The highest BCUT2D eigenvalue weighted by molar-refractivity contribution is 5.96. The van der Waals surface area contributed by atoms with Crippen LogP contribution in [-0.2, 0) is 23.2 Å². The van der Waals surface area contributed by atoms with Gasteiger partial charge in [0.05, 0.1) is 6.54 Å². The van der Waals surface area contributed by atoms with E-state index in [0.29, 0.717) is 31.0 Å². The highest BCUT2D eigenvalue weighted by Gasteiger charge is 2.39. The van der Waals surface area contributed by atoms with E-state index in [9.17, 15) is 9.59 Å². The van der Waals surface area contributed by atoms with Gasteiger partial charge in [-0.15, -0.1) is 5.10 Å². The van der Waals surface area contributed by atoms with E-state index in [2.05, 4.69) is 15.6 Å². The molecule has 1 aliphatic rings. The Bertz CT molecular complexity index is 525. The van der Waals surface area contributed by atoms with E-state index < -0.39 is 12.1 Å². The molecule has 0 aromatic carbocycles. The molecular weight excluding hydrogens is 270 g/mol. The molecule has 2 heterocycles. The molecule has 2 amide bonds. The summed E-state index contributed by atoms with van der Waals surface area (Å²) in [5, 5.41) is 10.7. The van der Waals surface area contributed by atoms with E-state index in [-0.39, 0.29) is 11.8 Å². The van der Waals surface area contributed by atoms with Crippen molar-refractivity contribution in [3.63, 3.8) is 0 Å². The minimum absolute atomic E-state index is 0.0270. The van der Waals surface area contributed by atoms with Gasteiger partial charge in [0, 0.05) is 13.2 Å². The average molecular weight is 293 g/mol. The lowest BCUT2D eigenvalue weighted by atomic mass is 9.97. The number of hydrogen-bond acceptors (Lipinski definition) is 4. The van der Waals surface area contributed by atoms with Gasteiger partial charge in [0.2, 0.25) is 11.8 Å². The van der Waals surface area contributed by atoms with Crippen molar-refractivity contribution in [1.82, 2.24) is 25.2 Å². The minimum atomic E-state index is -0.433.